The van der Waals surface area contributed by atoms with Crippen LogP contribution in [0.2, 0.25) is 0 Å². The summed E-state index contributed by atoms with van der Waals surface area (Å²) < 4.78 is 0. The third kappa shape index (κ3) is 2.46. The molecule has 1 aliphatic carbocycles. The monoisotopic (exact) mass is 189 g/mol. The molecule has 1 nitrogen and oxygen atoms in total. The predicted octanol–water partition coefficient (Wildman–Crippen LogP) is 3.41. The van der Waals surface area contributed by atoms with Gasteiger partial charge in [0.05, 0.1) is 0 Å². The highest BCUT2D eigenvalue weighted by Gasteiger charge is 2.00. The highest BCUT2D eigenvalue weighted by molar-refractivity contribution is 8.03. The van der Waals surface area contributed by atoms with Crippen molar-refractivity contribution < 1.29 is 0 Å². The van der Waals surface area contributed by atoms with E-state index in [1.165, 1.54) is 11.3 Å². The van der Waals surface area contributed by atoms with Gasteiger partial charge in [-0.25, -0.2) is 4.98 Å². The fourth-order valence-electron chi connectivity index (χ4n) is 1.19. The van der Waals surface area contributed by atoms with E-state index in [1.807, 2.05) is 24.4 Å². The molecule has 0 aromatic carbocycles. The number of thioether (sulfide) groups is 1. The lowest BCUT2D eigenvalue weighted by Gasteiger charge is -2.04. The summed E-state index contributed by atoms with van der Waals surface area (Å²) in [4.78, 5) is 5.57. The van der Waals surface area contributed by atoms with E-state index < -0.39 is 0 Å². The average molecular weight is 189 g/mol. The van der Waals surface area contributed by atoms with Crippen molar-refractivity contribution in [1.29, 1.82) is 0 Å². The first kappa shape index (κ1) is 8.57. The summed E-state index contributed by atoms with van der Waals surface area (Å²) in [5, 5.41) is 1.07. The van der Waals surface area contributed by atoms with Crippen LogP contribution in [0, 0.1) is 0 Å². The van der Waals surface area contributed by atoms with E-state index in [1.54, 1.807) is 11.8 Å². The van der Waals surface area contributed by atoms with Crippen molar-refractivity contribution in [2.45, 2.75) is 17.9 Å². The van der Waals surface area contributed by atoms with Crippen molar-refractivity contribution in [3.05, 3.63) is 47.5 Å². The van der Waals surface area contributed by atoms with Crippen LogP contribution in [0.4, 0.5) is 0 Å². The van der Waals surface area contributed by atoms with Gasteiger partial charge in [-0.15, -0.1) is 0 Å². The second-order valence-corrected chi connectivity index (χ2v) is 3.95. The van der Waals surface area contributed by atoms with E-state index in [0.717, 1.165) is 11.4 Å². The fraction of sp³-hybridized carbons (Fsp3) is 0.182. The summed E-state index contributed by atoms with van der Waals surface area (Å²) in [5.41, 5.74) is 0. The minimum Gasteiger partial charge on any atom is -0.250 e. The summed E-state index contributed by atoms with van der Waals surface area (Å²) in [5.74, 6) is 0. The summed E-state index contributed by atoms with van der Waals surface area (Å²) >= 11 is 1.73. The lowest BCUT2D eigenvalue weighted by atomic mass is 10.2. The Bertz CT molecular complexity index is 327. The molecule has 1 aliphatic rings. The highest BCUT2D eigenvalue weighted by Crippen LogP contribution is 2.27. The largest absolute Gasteiger partial charge is 0.250 e. The molecule has 2 rings (SSSR count). The number of rotatable bonds is 2. The van der Waals surface area contributed by atoms with E-state index in [0.29, 0.717) is 0 Å². The highest BCUT2D eigenvalue weighted by atomic mass is 32.2. The number of allylic oxidation sites excluding steroid dienone is 3. The molecule has 0 spiro atoms. The maximum Gasteiger partial charge on any atom is 0.101 e. The van der Waals surface area contributed by atoms with Crippen LogP contribution in [-0.2, 0) is 0 Å². The minimum atomic E-state index is 1.07. The van der Waals surface area contributed by atoms with Crippen LogP contribution in [0.5, 0.6) is 0 Å². The smallest absolute Gasteiger partial charge is 0.101 e. The molecule has 13 heavy (non-hydrogen) atoms. The van der Waals surface area contributed by atoms with Gasteiger partial charge in [-0.1, -0.05) is 36.1 Å². The topological polar surface area (TPSA) is 12.9 Å². The molecule has 0 aliphatic heterocycles. The van der Waals surface area contributed by atoms with Gasteiger partial charge in [0, 0.05) is 11.1 Å². The van der Waals surface area contributed by atoms with Crippen molar-refractivity contribution in [1.82, 2.24) is 4.98 Å². The molecule has 1 heterocycles. The molecule has 0 saturated heterocycles. The zero-order valence-corrected chi connectivity index (χ0v) is 8.13. The Kier molecular flexibility index (Phi) is 2.82. The van der Waals surface area contributed by atoms with Crippen LogP contribution in [0.1, 0.15) is 12.8 Å². The van der Waals surface area contributed by atoms with Crippen molar-refractivity contribution in [2.75, 3.05) is 0 Å². The Morgan fingerprint density at radius 2 is 2.23 bits per heavy atom. The Morgan fingerprint density at radius 1 is 1.23 bits per heavy atom. The molecular weight excluding hydrogens is 178 g/mol. The van der Waals surface area contributed by atoms with Crippen LogP contribution >= 0.6 is 11.8 Å². The molecular formula is C11H11NS. The summed E-state index contributed by atoms with van der Waals surface area (Å²) in [6.45, 7) is 0. The zero-order valence-electron chi connectivity index (χ0n) is 7.31. The molecule has 0 unspecified atom stereocenters. The van der Waals surface area contributed by atoms with Gasteiger partial charge in [0.15, 0.2) is 0 Å². The maximum absolute atomic E-state index is 4.26. The molecule has 0 saturated carbocycles. The molecule has 0 N–H and O–H groups in total. The second kappa shape index (κ2) is 4.28. The Hall–Kier alpha value is -1.02. The lowest BCUT2D eigenvalue weighted by Crippen LogP contribution is -1.82. The molecule has 2 heteroatoms. The molecule has 0 atom stereocenters. The van der Waals surface area contributed by atoms with Crippen molar-refractivity contribution in [3.8, 4) is 0 Å². The standard InChI is InChI=1S/C11H11NS/c1-2-6-10(7-3-1)13-11-8-4-5-9-12-11/h2,4-9H,1,3H2. The van der Waals surface area contributed by atoms with Crippen LogP contribution < -0.4 is 0 Å². The molecule has 66 valence electrons. The molecule has 0 bridgehead atoms. The SMILES string of the molecule is C1=CC(Sc2ccccn2)=CCC1. The molecule has 0 fully saturated rings. The second-order valence-electron chi connectivity index (χ2n) is 2.86. The van der Waals surface area contributed by atoms with Crippen molar-refractivity contribution in [2.24, 2.45) is 0 Å². The van der Waals surface area contributed by atoms with Crippen LogP contribution in [0.25, 0.3) is 0 Å². The van der Waals surface area contributed by atoms with Crippen molar-refractivity contribution >= 4 is 11.8 Å². The van der Waals surface area contributed by atoms with Gasteiger partial charge in [-0.2, -0.15) is 0 Å². The molecule has 1 aromatic heterocycles. The zero-order chi connectivity index (χ0) is 8.93. The lowest BCUT2D eigenvalue weighted by molar-refractivity contribution is 1.03. The van der Waals surface area contributed by atoms with Gasteiger partial charge >= 0.3 is 0 Å². The van der Waals surface area contributed by atoms with Crippen molar-refractivity contribution in [3.63, 3.8) is 0 Å². The third-order valence-electron chi connectivity index (χ3n) is 1.82. The normalized spacial score (nSPS) is 15.5. The van der Waals surface area contributed by atoms with Gasteiger partial charge < -0.3 is 0 Å². The number of nitrogens with zero attached hydrogens (tertiary/aromatic N) is 1. The number of hydrogen-bond donors (Lipinski definition) is 0. The van der Waals surface area contributed by atoms with Gasteiger partial charge in [-0.05, 0) is 25.0 Å². The van der Waals surface area contributed by atoms with Gasteiger partial charge in [-0.3, -0.25) is 0 Å². The summed E-state index contributed by atoms with van der Waals surface area (Å²) in [7, 11) is 0. The van der Waals surface area contributed by atoms with Crippen LogP contribution in [0.15, 0.2) is 52.6 Å². The average Bonchev–Trinajstić information content (AvgIpc) is 2.21. The van der Waals surface area contributed by atoms with E-state index in [-0.39, 0.29) is 0 Å². The number of pyridine rings is 1. The minimum absolute atomic E-state index is 1.07. The van der Waals surface area contributed by atoms with Gasteiger partial charge in [0.2, 0.25) is 0 Å². The van der Waals surface area contributed by atoms with Crippen LogP contribution in [0.3, 0.4) is 0 Å². The molecule has 0 amide bonds. The summed E-state index contributed by atoms with van der Waals surface area (Å²) in [6.07, 6.45) is 10.8. The summed E-state index contributed by atoms with van der Waals surface area (Å²) in [6, 6.07) is 5.99. The van der Waals surface area contributed by atoms with E-state index in [9.17, 15) is 0 Å². The van der Waals surface area contributed by atoms with E-state index in [2.05, 4.69) is 23.2 Å². The van der Waals surface area contributed by atoms with Gasteiger partial charge in [0.1, 0.15) is 5.03 Å². The molecule has 0 radical (unpaired) electrons. The first-order chi connectivity index (χ1) is 6.45. The van der Waals surface area contributed by atoms with E-state index >= 15 is 0 Å². The van der Waals surface area contributed by atoms with Crippen LogP contribution in [-0.4, -0.2) is 4.98 Å². The third-order valence-corrected chi connectivity index (χ3v) is 2.81. The number of hydrogen-bond acceptors (Lipinski definition) is 2. The number of aromatic nitrogens is 1. The van der Waals surface area contributed by atoms with Gasteiger partial charge in [0.25, 0.3) is 0 Å². The fourth-order valence-corrected chi connectivity index (χ4v) is 2.06. The quantitative estimate of drug-likeness (QED) is 0.707. The maximum atomic E-state index is 4.26. The Morgan fingerprint density at radius 3 is 2.92 bits per heavy atom. The first-order valence-electron chi connectivity index (χ1n) is 4.41. The first-order valence-corrected chi connectivity index (χ1v) is 5.22. The predicted molar refractivity (Wildman–Crippen MR) is 56.6 cm³/mol. The van der Waals surface area contributed by atoms with E-state index in [4.69, 9.17) is 0 Å². The Labute approximate surface area is 82.6 Å². The Balaban J connectivity index is 2.06. The molecule has 1 aromatic rings.